The fourth-order valence-electron chi connectivity index (χ4n) is 5.24. The number of ether oxygens (including phenoxy) is 2. The van der Waals surface area contributed by atoms with Crippen LogP contribution in [0.15, 0.2) is 36.8 Å². The summed E-state index contributed by atoms with van der Waals surface area (Å²) in [6.45, 7) is 1.81. The maximum absolute atomic E-state index is 11.8. The minimum Gasteiger partial charge on any atom is -0.488 e. The third-order valence-corrected chi connectivity index (χ3v) is 7.06. The summed E-state index contributed by atoms with van der Waals surface area (Å²) in [6, 6.07) is 6.06. The van der Waals surface area contributed by atoms with Crippen LogP contribution in [-0.4, -0.2) is 70.3 Å². The van der Waals surface area contributed by atoms with Crippen molar-refractivity contribution in [3.8, 4) is 5.75 Å². The normalized spacial score (nSPS) is 25.6. The Balaban J connectivity index is 1.12. The van der Waals surface area contributed by atoms with Crippen molar-refractivity contribution in [1.29, 1.82) is 0 Å². The molecule has 0 radical (unpaired) electrons. The first kappa shape index (κ1) is 22.0. The minimum absolute atomic E-state index is 0.102. The molecule has 1 aromatic carbocycles. The number of benzene rings is 1. The Bertz CT molecular complexity index is 1210. The zero-order chi connectivity index (χ0) is 23.8. The molecule has 182 valence electrons. The molecule has 3 saturated heterocycles. The average Bonchev–Trinajstić information content (AvgIpc) is 2.89. The first-order chi connectivity index (χ1) is 17.1. The van der Waals surface area contributed by atoms with Gasteiger partial charge in [0.2, 0.25) is 5.95 Å². The number of anilines is 2. The Morgan fingerprint density at radius 2 is 1.83 bits per heavy atom. The van der Waals surface area contributed by atoms with Crippen molar-refractivity contribution in [2.75, 3.05) is 30.4 Å². The lowest BCUT2D eigenvalue weighted by atomic mass is 9.93. The van der Waals surface area contributed by atoms with E-state index in [2.05, 4.69) is 47.6 Å². The van der Waals surface area contributed by atoms with E-state index in [1.165, 1.54) is 0 Å². The Hall–Kier alpha value is -3.53. The Morgan fingerprint density at radius 3 is 2.60 bits per heavy atom. The summed E-state index contributed by atoms with van der Waals surface area (Å²) < 4.78 is 12.3. The third-order valence-electron chi connectivity index (χ3n) is 7.06. The lowest BCUT2D eigenvalue weighted by Crippen LogP contribution is -2.57. The number of hydrogen-bond acceptors (Lipinski definition) is 9. The van der Waals surface area contributed by atoms with Gasteiger partial charge in [0.15, 0.2) is 0 Å². The van der Waals surface area contributed by atoms with Crippen LogP contribution in [0, 0.1) is 0 Å². The van der Waals surface area contributed by atoms with E-state index in [0.29, 0.717) is 23.9 Å². The second-order valence-electron chi connectivity index (χ2n) is 9.47. The summed E-state index contributed by atoms with van der Waals surface area (Å²) in [5.41, 5.74) is 3.12. The van der Waals surface area contributed by atoms with Crippen LogP contribution in [0.2, 0.25) is 0 Å². The zero-order valence-electron chi connectivity index (χ0n) is 19.7. The number of amides is 1. The van der Waals surface area contributed by atoms with Crippen LogP contribution in [0.4, 0.5) is 11.6 Å². The molecule has 2 atom stereocenters. The molecule has 2 aromatic heterocycles. The van der Waals surface area contributed by atoms with Crippen molar-refractivity contribution >= 4 is 28.6 Å². The fourth-order valence-corrected chi connectivity index (χ4v) is 5.24. The highest BCUT2D eigenvalue weighted by atomic mass is 16.5. The topological polar surface area (TPSA) is 114 Å². The maximum Gasteiger partial charge on any atom is 0.269 e. The molecular formula is C25H29N7O3. The van der Waals surface area contributed by atoms with Crippen LogP contribution in [0.5, 0.6) is 5.75 Å². The predicted octanol–water partition coefficient (Wildman–Crippen LogP) is 2.56. The van der Waals surface area contributed by atoms with Crippen LogP contribution in [0.1, 0.15) is 42.6 Å². The van der Waals surface area contributed by atoms with E-state index in [1.54, 1.807) is 31.7 Å². The number of carbonyl (C=O) groups is 1. The van der Waals surface area contributed by atoms with Crippen molar-refractivity contribution < 1.29 is 14.3 Å². The quantitative estimate of drug-likeness (QED) is 0.555. The zero-order valence-corrected chi connectivity index (χ0v) is 19.7. The van der Waals surface area contributed by atoms with E-state index in [1.807, 2.05) is 0 Å². The molecule has 2 bridgehead atoms. The molecule has 1 saturated carbocycles. The molecule has 3 aromatic rings. The SMILES string of the molecule is CNC(=O)c1ccnc(N[C@H]2CC[C@@H](Oc3cc(N4CC5CC(C4)O5)cc4nccnc34)CC2)n1. The molecule has 3 aliphatic heterocycles. The second-order valence-corrected chi connectivity index (χ2v) is 9.47. The molecule has 4 fully saturated rings. The summed E-state index contributed by atoms with van der Waals surface area (Å²) in [7, 11) is 1.59. The first-order valence-corrected chi connectivity index (χ1v) is 12.3. The fraction of sp³-hybridized carbons (Fsp3) is 0.480. The van der Waals surface area contributed by atoms with E-state index in [-0.39, 0.29) is 18.1 Å². The molecule has 2 unspecified atom stereocenters. The van der Waals surface area contributed by atoms with Crippen molar-refractivity contribution in [3.63, 3.8) is 0 Å². The lowest BCUT2D eigenvalue weighted by molar-refractivity contribution is -0.133. The van der Waals surface area contributed by atoms with Gasteiger partial charge < -0.3 is 25.0 Å². The molecule has 1 amide bonds. The van der Waals surface area contributed by atoms with E-state index in [4.69, 9.17) is 9.47 Å². The molecule has 10 heteroatoms. The van der Waals surface area contributed by atoms with Gasteiger partial charge in [-0.2, -0.15) is 0 Å². The van der Waals surface area contributed by atoms with Gasteiger partial charge in [-0.05, 0) is 37.8 Å². The highest BCUT2D eigenvalue weighted by Gasteiger charge is 2.38. The summed E-state index contributed by atoms with van der Waals surface area (Å²) in [5, 5.41) is 5.97. The number of nitrogens with zero attached hydrogens (tertiary/aromatic N) is 5. The first-order valence-electron chi connectivity index (χ1n) is 12.3. The van der Waals surface area contributed by atoms with Gasteiger partial charge in [-0.25, -0.2) is 15.0 Å². The molecule has 10 nitrogen and oxygen atoms in total. The van der Waals surface area contributed by atoms with E-state index in [0.717, 1.165) is 67.7 Å². The van der Waals surface area contributed by atoms with Crippen LogP contribution >= 0.6 is 0 Å². The number of morpholine rings is 1. The molecule has 0 spiro atoms. The number of rotatable bonds is 6. The van der Waals surface area contributed by atoms with Crippen LogP contribution in [0.3, 0.4) is 0 Å². The van der Waals surface area contributed by atoms with Crippen LogP contribution in [0.25, 0.3) is 11.0 Å². The van der Waals surface area contributed by atoms with Gasteiger partial charge >= 0.3 is 0 Å². The van der Waals surface area contributed by atoms with Crippen LogP contribution in [-0.2, 0) is 4.74 Å². The monoisotopic (exact) mass is 475 g/mol. The highest BCUT2D eigenvalue weighted by molar-refractivity contribution is 5.92. The Labute approximate surface area is 203 Å². The summed E-state index contributed by atoms with van der Waals surface area (Å²) >= 11 is 0. The van der Waals surface area contributed by atoms with E-state index >= 15 is 0 Å². The number of hydrogen-bond donors (Lipinski definition) is 2. The molecule has 5 heterocycles. The number of fused-ring (bicyclic) bond motifs is 3. The van der Waals surface area contributed by atoms with Gasteiger partial charge in [0.25, 0.3) is 5.91 Å². The molecule has 4 aliphatic rings. The highest BCUT2D eigenvalue weighted by Crippen LogP contribution is 2.36. The minimum atomic E-state index is -0.223. The van der Waals surface area contributed by atoms with Crippen molar-refractivity contribution in [2.24, 2.45) is 0 Å². The standard InChI is InChI=1S/C25H29N7O3/c1-26-24(33)20-6-7-29-25(31-20)30-15-2-4-17(5-3-15)35-22-11-16(10-21-23(22)28-9-8-27-21)32-13-18-12-19(14-32)34-18/h6-11,15,17-19H,2-5,12-14H2,1H3,(H,26,33)(H,29,30,31)/t15-,17+,18?,19?. The largest absolute Gasteiger partial charge is 0.488 e. The number of carbonyl (C=O) groups excluding carboxylic acids is 1. The molecule has 2 N–H and O–H groups in total. The number of nitrogens with one attached hydrogen (secondary N) is 2. The average molecular weight is 476 g/mol. The summed E-state index contributed by atoms with van der Waals surface area (Å²) in [5.74, 6) is 1.05. The molecule has 1 aliphatic carbocycles. The maximum atomic E-state index is 11.8. The van der Waals surface area contributed by atoms with Crippen molar-refractivity contribution in [3.05, 3.63) is 42.5 Å². The molecular weight excluding hydrogens is 446 g/mol. The van der Waals surface area contributed by atoms with Gasteiger partial charge in [0, 0.05) is 62.9 Å². The molecule has 7 rings (SSSR count). The summed E-state index contributed by atoms with van der Waals surface area (Å²) in [6.07, 6.45) is 10.6. The number of aromatic nitrogens is 4. The van der Waals surface area contributed by atoms with Crippen molar-refractivity contribution in [1.82, 2.24) is 25.3 Å². The van der Waals surface area contributed by atoms with Crippen molar-refractivity contribution in [2.45, 2.75) is 56.5 Å². The van der Waals surface area contributed by atoms with Gasteiger partial charge in [-0.15, -0.1) is 0 Å². The predicted molar refractivity (Wildman–Crippen MR) is 131 cm³/mol. The smallest absolute Gasteiger partial charge is 0.269 e. The Morgan fingerprint density at radius 1 is 1.06 bits per heavy atom. The molecule has 35 heavy (non-hydrogen) atoms. The van der Waals surface area contributed by atoms with E-state index in [9.17, 15) is 4.79 Å². The second kappa shape index (κ2) is 9.26. The van der Waals surface area contributed by atoms with Crippen LogP contribution < -0.4 is 20.3 Å². The Kier molecular flexibility index (Phi) is 5.81. The van der Waals surface area contributed by atoms with E-state index < -0.39 is 0 Å². The van der Waals surface area contributed by atoms with Gasteiger partial charge in [-0.3, -0.25) is 9.78 Å². The van der Waals surface area contributed by atoms with Gasteiger partial charge in [-0.1, -0.05) is 0 Å². The van der Waals surface area contributed by atoms with Gasteiger partial charge in [0.1, 0.15) is 17.0 Å². The van der Waals surface area contributed by atoms with Gasteiger partial charge in [0.05, 0.1) is 23.8 Å². The number of piperidine rings is 1. The third kappa shape index (κ3) is 4.58. The lowest BCUT2D eigenvalue weighted by Gasteiger charge is -2.48. The summed E-state index contributed by atoms with van der Waals surface area (Å²) in [4.78, 5) is 31.9.